The molecule has 3 rings (SSSR count). The second-order valence-electron chi connectivity index (χ2n) is 5.54. The fourth-order valence-corrected chi connectivity index (χ4v) is 3.67. The first-order chi connectivity index (χ1) is 11.5. The third kappa shape index (κ3) is 3.88. The minimum absolute atomic E-state index is 0.118. The molecule has 0 heterocycles. The number of amides is 1. The number of thioether (sulfide) groups is 1. The van der Waals surface area contributed by atoms with Crippen molar-refractivity contribution in [2.45, 2.75) is 24.2 Å². The van der Waals surface area contributed by atoms with Crippen molar-refractivity contribution in [1.82, 2.24) is 0 Å². The van der Waals surface area contributed by atoms with Crippen LogP contribution in [-0.2, 0) is 17.6 Å². The lowest BCUT2D eigenvalue weighted by atomic mass is 10.1. The molecule has 0 radical (unpaired) electrons. The predicted molar refractivity (Wildman–Crippen MR) is 95.9 cm³/mol. The lowest BCUT2D eigenvalue weighted by Crippen LogP contribution is -2.15. The Labute approximate surface area is 148 Å². The van der Waals surface area contributed by atoms with E-state index in [1.807, 2.05) is 6.07 Å². The molecular weight excluding hydrogens is 348 g/mol. The highest BCUT2D eigenvalue weighted by Crippen LogP contribution is 2.29. The number of carbonyl (C=O) groups is 1. The van der Waals surface area contributed by atoms with E-state index < -0.39 is 4.92 Å². The molecule has 0 fully saturated rings. The molecule has 0 aliphatic heterocycles. The van der Waals surface area contributed by atoms with Gasteiger partial charge in [-0.1, -0.05) is 17.7 Å². The molecule has 1 N–H and O–H groups in total. The standard InChI is InChI=1S/C17H15ClN2O3S/c18-13-5-7-16(20(22)23)15(9-13)19-17(21)10-24-14-6-4-11-2-1-3-12(11)8-14/h4-9H,1-3,10H2,(H,19,21). The predicted octanol–water partition coefficient (Wildman–Crippen LogP) is 4.47. The molecule has 1 aliphatic rings. The Hall–Kier alpha value is -2.05. The second kappa shape index (κ2) is 7.23. The van der Waals surface area contributed by atoms with Gasteiger partial charge in [0.25, 0.3) is 5.69 Å². The van der Waals surface area contributed by atoms with Gasteiger partial charge in [-0.2, -0.15) is 0 Å². The number of carbonyl (C=O) groups excluding carboxylic acids is 1. The molecule has 0 spiro atoms. The third-order valence-electron chi connectivity index (χ3n) is 3.87. The van der Waals surface area contributed by atoms with Gasteiger partial charge in [-0.25, -0.2) is 0 Å². The molecule has 24 heavy (non-hydrogen) atoms. The first-order valence-electron chi connectivity index (χ1n) is 7.51. The van der Waals surface area contributed by atoms with E-state index in [0.717, 1.165) is 17.7 Å². The Balaban J connectivity index is 1.64. The number of hydrogen-bond donors (Lipinski definition) is 1. The lowest BCUT2D eigenvalue weighted by molar-refractivity contribution is -0.383. The molecule has 0 atom stereocenters. The first-order valence-corrected chi connectivity index (χ1v) is 8.87. The van der Waals surface area contributed by atoms with Crippen molar-refractivity contribution in [3.8, 4) is 0 Å². The Morgan fingerprint density at radius 2 is 2.00 bits per heavy atom. The zero-order valence-electron chi connectivity index (χ0n) is 12.8. The van der Waals surface area contributed by atoms with E-state index in [9.17, 15) is 14.9 Å². The van der Waals surface area contributed by atoms with Crippen LogP contribution in [0.1, 0.15) is 17.5 Å². The Kier molecular flexibility index (Phi) is 5.06. The maximum atomic E-state index is 12.1. The second-order valence-corrected chi connectivity index (χ2v) is 7.02. The van der Waals surface area contributed by atoms with Crippen LogP contribution < -0.4 is 5.32 Å². The normalized spacial score (nSPS) is 12.7. The van der Waals surface area contributed by atoms with Gasteiger partial charge in [0.15, 0.2) is 0 Å². The summed E-state index contributed by atoms with van der Waals surface area (Å²) in [5, 5.41) is 13.9. The minimum atomic E-state index is -0.542. The summed E-state index contributed by atoms with van der Waals surface area (Å²) in [6.07, 6.45) is 3.40. The molecule has 0 unspecified atom stereocenters. The zero-order valence-corrected chi connectivity index (χ0v) is 14.3. The van der Waals surface area contributed by atoms with Crippen LogP contribution in [0, 0.1) is 10.1 Å². The van der Waals surface area contributed by atoms with Gasteiger partial charge in [0.05, 0.1) is 10.7 Å². The number of fused-ring (bicyclic) bond motifs is 1. The number of hydrogen-bond acceptors (Lipinski definition) is 4. The maximum Gasteiger partial charge on any atom is 0.292 e. The van der Waals surface area contributed by atoms with Crippen LogP contribution in [-0.4, -0.2) is 16.6 Å². The summed E-state index contributed by atoms with van der Waals surface area (Å²) in [4.78, 5) is 23.6. The number of aryl methyl sites for hydroxylation is 2. The van der Waals surface area contributed by atoms with Crippen molar-refractivity contribution in [2.24, 2.45) is 0 Å². The van der Waals surface area contributed by atoms with Gasteiger partial charge in [-0.3, -0.25) is 14.9 Å². The van der Waals surface area contributed by atoms with Crippen LogP contribution in [0.15, 0.2) is 41.3 Å². The zero-order chi connectivity index (χ0) is 17.1. The molecular formula is C17H15ClN2O3S. The van der Waals surface area contributed by atoms with E-state index in [-0.39, 0.29) is 23.0 Å². The lowest BCUT2D eigenvalue weighted by Gasteiger charge is -2.07. The summed E-state index contributed by atoms with van der Waals surface area (Å²) in [6, 6.07) is 10.4. The van der Waals surface area contributed by atoms with Crippen molar-refractivity contribution in [3.05, 3.63) is 62.7 Å². The van der Waals surface area contributed by atoms with Gasteiger partial charge < -0.3 is 5.32 Å². The van der Waals surface area contributed by atoms with E-state index in [2.05, 4.69) is 17.4 Å². The number of halogens is 1. The van der Waals surface area contributed by atoms with E-state index in [1.165, 1.54) is 47.5 Å². The Bertz CT molecular complexity index is 810. The van der Waals surface area contributed by atoms with Crippen LogP contribution in [0.3, 0.4) is 0 Å². The van der Waals surface area contributed by atoms with Crippen LogP contribution in [0.5, 0.6) is 0 Å². The minimum Gasteiger partial charge on any atom is -0.320 e. The van der Waals surface area contributed by atoms with Gasteiger partial charge >= 0.3 is 0 Å². The number of nitro benzene ring substituents is 1. The molecule has 0 aromatic heterocycles. The SMILES string of the molecule is O=C(CSc1ccc2c(c1)CCC2)Nc1cc(Cl)ccc1[N+](=O)[O-]. The van der Waals surface area contributed by atoms with Crippen molar-refractivity contribution in [1.29, 1.82) is 0 Å². The summed E-state index contributed by atoms with van der Waals surface area (Å²) in [5.41, 5.74) is 2.69. The number of nitrogens with zero attached hydrogens (tertiary/aromatic N) is 1. The summed E-state index contributed by atoms with van der Waals surface area (Å²) < 4.78 is 0. The maximum absolute atomic E-state index is 12.1. The van der Waals surface area contributed by atoms with Crippen molar-refractivity contribution in [3.63, 3.8) is 0 Å². The summed E-state index contributed by atoms with van der Waals surface area (Å²) in [6.45, 7) is 0. The van der Waals surface area contributed by atoms with Crippen LogP contribution >= 0.6 is 23.4 Å². The van der Waals surface area contributed by atoms with Gasteiger partial charge in [-0.05, 0) is 54.7 Å². The molecule has 1 aliphatic carbocycles. The Morgan fingerprint density at radius 3 is 2.79 bits per heavy atom. The quantitative estimate of drug-likeness (QED) is 0.484. The molecule has 2 aromatic carbocycles. The molecule has 2 aromatic rings. The summed E-state index contributed by atoms with van der Waals surface area (Å²) >= 11 is 7.27. The monoisotopic (exact) mass is 362 g/mol. The molecule has 0 bridgehead atoms. The van der Waals surface area contributed by atoms with Crippen molar-refractivity contribution < 1.29 is 9.72 Å². The number of rotatable bonds is 5. The highest BCUT2D eigenvalue weighted by atomic mass is 35.5. The molecule has 124 valence electrons. The van der Waals surface area contributed by atoms with E-state index in [4.69, 9.17) is 11.6 Å². The largest absolute Gasteiger partial charge is 0.320 e. The number of anilines is 1. The van der Waals surface area contributed by atoms with Crippen LogP contribution in [0.2, 0.25) is 5.02 Å². The average molecular weight is 363 g/mol. The molecule has 0 saturated carbocycles. The molecule has 0 saturated heterocycles. The first kappa shape index (κ1) is 16.8. The van der Waals surface area contributed by atoms with Crippen LogP contribution in [0.25, 0.3) is 0 Å². The fraction of sp³-hybridized carbons (Fsp3) is 0.235. The van der Waals surface area contributed by atoms with Gasteiger partial charge in [0, 0.05) is 16.0 Å². The van der Waals surface area contributed by atoms with E-state index in [1.54, 1.807) is 0 Å². The molecule has 1 amide bonds. The fourth-order valence-electron chi connectivity index (χ4n) is 2.74. The van der Waals surface area contributed by atoms with Crippen molar-refractivity contribution in [2.75, 3.05) is 11.1 Å². The highest BCUT2D eigenvalue weighted by Gasteiger charge is 2.17. The molecule has 5 nitrogen and oxygen atoms in total. The Morgan fingerprint density at radius 1 is 1.21 bits per heavy atom. The highest BCUT2D eigenvalue weighted by molar-refractivity contribution is 8.00. The summed E-state index contributed by atoms with van der Waals surface area (Å²) in [5.74, 6) is -0.117. The average Bonchev–Trinajstić information content (AvgIpc) is 3.00. The van der Waals surface area contributed by atoms with Gasteiger partial charge in [0.2, 0.25) is 5.91 Å². The molecule has 7 heteroatoms. The van der Waals surface area contributed by atoms with Crippen molar-refractivity contribution >= 4 is 40.6 Å². The van der Waals surface area contributed by atoms with E-state index >= 15 is 0 Å². The number of benzene rings is 2. The smallest absolute Gasteiger partial charge is 0.292 e. The summed E-state index contributed by atoms with van der Waals surface area (Å²) in [7, 11) is 0. The van der Waals surface area contributed by atoms with E-state index in [0.29, 0.717) is 5.02 Å². The topological polar surface area (TPSA) is 72.2 Å². The van der Waals surface area contributed by atoms with Gasteiger partial charge in [-0.15, -0.1) is 11.8 Å². The van der Waals surface area contributed by atoms with Gasteiger partial charge in [0.1, 0.15) is 5.69 Å². The third-order valence-corrected chi connectivity index (χ3v) is 5.10. The van der Waals surface area contributed by atoms with Crippen LogP contribution in [0.4, 0.5) is 11.4 Å². The number of nitrogens with one attached hydrogen (secondary N) is 1. The number of nitro groups is 1.